The fourth-order valence-corrected chi connectivity index (χ4v) is 1.89. The number of hydrogen-bond donors (Lipinski definition) is 2. The third-order valence-electron chi connectivity index (χ3n) is 2.57. The topological polar surface area (TPSA) is 33.3 Å². The minimum atomic E-state index is 0.277. The van der Waals surface area contributed by atoms with Gasteiger partial charge in [-0.3, -0.25) is 0 Å². The highest BCUT2D eigenvalue weighted by Crippen LogP contribution is 2.22. The highest BCUT2D eigenvalue weighted by Gasteiger charge is 2.03. The number of rotatable bonds is 6. The lowest BCUT2D eigenvalue weighted by molar-refractivity contribution is 0.0777. The van der Waals surface area contributed by atoms with Crippen LogP contribution in [0.25, 0.3) is 0 Å². The molecule has 1 aromatic carbocycles. The van der Waals surface area contributed by atoms with Crippen LogP contribution in [-0.2, 0) is 4.74 Å². The van der Waals surface area contributed by atoms with E-state index in [1.54, 1.807) is 0 Å². The van der Waals surface area contributed by atoms with Gasteiger partial charge in [-0.05, 0) is 57.1 Å². The molecule has 0 heterocycles. The molecule has 0 saturated heterocycles. The van der Waals surface area contributed by atoms with Gasteiger partial charge in [-0.15, -0.1) is 0 Å². The summed E-state index contributed by atoms with van der Waals surface area (Å²) in [6.07, 6.45) is 1.20. The Morgan fingerprint density at radius 2 is 2.16 bits per heavy atom. The van der Waals surface area contributed by atoms with E-state index in [2.05, 4.69) is 10.6 Å². The summed E-state index contributed by atoms with van der Waals surface area (Å²) in [5, 5.41) is 7.64. The second-order valence-corrected chi connectivity index (χ2v) is 5.38. The van der Waals surface area contributed by atoms with Crippen LogP contribution in [0.4, 0.5) is 5.69 Å². The number of nitrogens with one attached hydrogen (secondary N) is 2. The molecule has 0 unspecified atom stereocenters. The molecule has 0 amide bonds. The van der Waals surface area contributed by atoms with E-state index in [0.717, 1.165) is 35.8 Å². The first kappa shape index (κ1) is 16.2. The van der Waals surface area contributed by atoms with Crippen LogP contribution in [0.5, 0.6) is 0 Å². The summed E-state index contributed by atoms with van der Waals surface area (Å²) in [4.78, 5) is 0. The van der Waals surface area contributed by atoms with E-state index in [0.29, 0.717) is 5.11 Å². The predicted octanol–water partition coefficient (Wildman–Crippen LogP) is 3.75. The molecule has 106 valence electrons. The number of anilines is 1. The third-order valence-corrected chi connectivity index (χ3v) is 3.23. The maximum atomic E-state index is 6.05. The zero-order valence-corrected chi connectivity index (χ0v) is 13.2. The van der Waals surface area contributed by atoms with Crippen molar-refractivity contribution in [2.75, 3.05) is 18.5 Å². The third kappa shape index (κ3) is 6.23. The second-order valence-electron chi connectivity index (χ2n) is 4.57. The second kappa shape index (κ2) is 8.35. The molecule has 1 aromatic rings. The van der Waals surface area contributed by atoms with E-state index in [1.165, 1.54) is 0 Å². The van der Waals surface area contributed by atoms with Crippen molar-refractivity contribution in [3.63, 3.8) is 0 Å². The fraction of sp³-hybridized carbons (Fsp3) is 0.500. The van der Waals surface area contributed by atoms with E-state index in [1.807, 2.05) is 39.0 Å². The molecule has 2 N–H and O–H groups in total. The highest BCUT2D eigenvalue weighted by molar-refractivity contribution is 7.80. The Bertz CT molecular complexity index is 424. The van der Waals surface area contributed by atoms with Gasteiger partial charge in [0.25, 0.3) is 0 Å². The first-order valence-corrected chi connectivity index (χ1v) is 7.21. The Labute approximate surface area is 125 Å². The fourth-order valence-electron chi connectivity index (χ4n) is 1.50. The van der Waals surface area contributed by atoms with Crippen LogP contribution in [0, 0.1) is 6.92 Å². The van der Waals surface area contributed by atoms with Gasteiger partial charge in [0.15, 0.2) is 5.11 Å². The van der Waals surface area contributed by atoms with Crippen molar-refractivity contribution >= 4 is 34.6 Å². The number of benzene rings is 1. The highest BCUT2D eigenvalue weighted by atomic mass is 35.5. The lowest BCUT2D eigenvalue weighted by Crippen LogP contribution is -2.30. The Kier molecular flexibility index (Phi) is 7.13. The van der Waals surface area contributed by atoms with E-state index in [-0.39, 0.29) is 6.10 Å². The molecular weight excluding hydrogens is 280 g/mol. The van der Waals surface area contributed by atoms with E-state index < -0.39 is 0 Å². The minimum absolute atomic E-state index is 0.277. The van der Waals surface area contributed by atoms with Gasteiger partial charge < -0.3 is 15.4 Å². The molecule has 0 atom stereocenters. The van der Waals surface area contributed by atoms with Crippen LogP contribution in [-0.4, -0.2) is 24.4 Å². The van der Waals surface area contributed by atoms with Gasteiger partial charge in [0.05, 0.1) is 6.10 Å². The summed E-state index contributed by atoms with van der Waals surface area (Å²) in [7, 11) is 0. The van der Waals surface area contributed by atoms with Crippen LogP contribution in [0.3, 0.4) is 0 Å². The van der Waals surface area contributed by atoms with E-state index in [4.69, 9.17) is 28.6 Å². The number of hydrogen-bond acceptors (Lipinski definition) is 2. The molecule has 3 nitrogen and oxygen atoms in total. The molecule has 5 heteroatoms. The van der Waals surface area contributed by atoms with Gasteiger partial charge in [0.2, 0.25) is 0 Å². The summed E-state index contributed by atoms with van der Waals surface area (Å²) in [6, 6.07) is 5.72. The summed E-state index contributed by atoms with van der Waals surface area (Å²) >= 11 is 11.3. The molecule has 0 bridgehead atoms. The standard InChI is InChI=1S/C14H21ClN2OS/c1-10(2)18-9-5-8-16-14(19)17-13-7-4-6-12(15)11(13)3/h4,6-7,10H,5,8-9H2,1-3H3,(H2,16,17,19). The molecule has 0 radical (unpaired) electrons. The Morgan fingerprint density at radius 3 is 2.84 bits per heavy atom. The van der Waals surface area contributed by atoms with Crippen LogP contribution >= 0.6 is 23.8 Å². The summed E-state index contributed by atoms with van der Waals surface area (Å²) < 4.78 is 5.46. The van der Waals surface area contributed by atoms with Gasteiger partial charge in [-0.25, -0.2) is 0 Å². The molecule has 0 aliphatic rings. The van der Waals surface area contributed by atoms with Crippen molar-refractivity contribution in [1.29, 1.82) is 0 Å². The lowest BCUT2D eigenvalue weighted by atomic mass is 10.2. The normalized spacial score (nSPS) is 10.6. The zero-order valence-electron chi connectivity index (χ0n) is 11.6. The smallest absolute Gasteiger partial charge is 0.170 e. The average Bonchev–Trinajstić information content (AvgIpc) is 2.34. The van der Waals surface area contributed by atoms with Crippen LogP contribution < -0.4 is 10.6 Å². The number of ether oxygens (including phenoxy) is 1. The van der Waals surface area contributed by atoms with Crippen molar-refractivity contribution in [2.24, 2.45) is 0 Å². The monoisotopic (exact) mass is 300 g/mol. The van der Waals surface area contributed by atoms with Crippen molar-refractivity contribution < 1.29 is 4.74 Å². The number of thiocarbonyl (C=S) groups is 1. The molecule has 1 rings (SSSR count). The molecule has 0 spiro atoms. The summed E-state index contributed by atoms with van der Waals surface area (Å²) in [6.45, 7) is 7.55. The lowest BCUT2D eigenvalue weighted by Gasteiger charge is -2.13. The summed E-state index contributed by atoms with van der Waals surface area (Å²) in [5.41, 5.74) is 1.93. The van der Waals surface area contributed by atoms with E-state index in [9.17, 15) is 0 Å². The molecule has 0 aliphatic carbocycles. The van der Waals surface area contributed by atoms with Gasteiger partial charge >= 0.3 is 0 Å². The van der Waals surface area contributed by atoms with Crippen molar-refractivity contribution in [3.8, 4) is 0 Å². The summed E-state index contributed by atoms with van der Waals surface area (Å²) in [5.74, 6) is 0. The van der Waals surface area contributed by atoms with Crippen molar-refractivity contribution in [1.82, 2.24) is 5.32 Å². The SMILES string of the molecule is Cc1c(Cl)cccc1NC(=S)NCCCOC(C)C. The first-order valence-electron chi connectivity index (χ1n) is 6.42. The Balaban J connectivity index is 2.29. The molecule has 0 aromatic heterocycles. The van der Waals surface area contributed by atoms with E-state index >= 15 is 0 Å². The van der Waals surface area contributed by atoms with Crippen molar-refractivity contribution in [3.05, 3.63) is 28.8 Å². The van der Waals surface area contributed by atoms with Crippen LogP contribution in [0.2, 0.25) is 5.02 Å². The van der Waals surface area contributed by atoms with Crippen LogP contribution in [0.15, 0.2) is 18.2 Å². The largest absolute Gasteiger partial charge is 0.379 e. The van der Waals surface area contributed by atoms with Gasteiger partial charge in [-0.2, -0.15) is 0 Å². The Hall–Kier alpha value is -0.840. The van der Waals surface area contributed by atoms with Crippen LogP contribution in [0.1, 0.15) is 25.8 Å². The van der Waals surface area contributed by atoms with Gasteiger partial charge in [0, 0.05) is 23.9 Å². The maximum absolute atomic E-state index is 6.05. The number of halogens is 1. The molecule has 0 fully saturated rings. The molecular formula is C14H21ClN2OS. The molecule has 19 heavy (non-hydrogen) atoms. The van der Waals surface area contributed by atoms with Gasteiger partial charge in [-0.1, -0.05) is 17.7 Å². The average molecular weight is 301 g/mol. The quantitative estimate of drug-likeness (QED) is 0.619. The molecule has 0 aliphatic heterocycles. The maximum Gasteiger partial charge on any atom is 0.170 e. The predicted molar refractivity (Wildman–Crippen MR) is 86.1 cm³/mol. The zero-order chi connectivity index (χ0) is 14.3. The van der Waals surface area contributed by atoms with Gasteiger partial charge in [0.1, 0.15) is 0 Å². The minimum Gasteiger partial charge on any atom is -0.379 e. The molecule has 0 saturated carbocycles. The Morgan fingerprint density at radius 1 is 1.42 bits per heavy atom. The first-order chi connectivity index (χ1) is 9.00. The van der Waals surface area contributed by atoms with Crippen molar-refractivity contribution in [2.45, 2.75) is 33.3 Å².